The molecule has 0 bridgehead atoms. The Hall–Kier alpha value is -1.57. The van der Waals surface area contributed by atoms with E-state index in [0.29, 0.717) is 16.3 Å². The first kappa shape index (κ1) is 16.3. The van der Waals surface area contributed by atoms with Crippen molar-refractivity contribution in [1.29, 1.82) is 0 Å². The molecule has 1 N–H and O–H groups in total. The van der Waals surface area contributed by atoms with Crippen LogP contribution in [0.3, 0.4) is 0 Å². The maximum absolute atomic E-state index is 12.5. The van der Waals surface area contributed by atoms with Gasteiger partial charge in [-0.1, -0.05) is 27.5 Å². The Morgan fingerprint density at radius 3 is 2.65 bits per heavy atom. The van der Waals surface area contributed by atoms with Gasteiger partial charge in [0.15, 0.2) is 0 Å². The lowest BCUT2D eigenvalue weighted by molar-refractivity contribution is -0.117. The highest BCUT2D eigenvalue weighted by Gasteiger charge is 2.26. The zero-order chi connectivity index (χ0) is 16.8. The summed E-state index contributed by atoms with van der Waals surface area (Å²) in [6.45, 7) is 0. The number of halogens is 2. The fraction of sp³-hybridized carbons (Fsp3) is 0.133. The van der Waals surface area contributed by atoms with Gasteiger partial charge >= 0.3 is 0 Å². The van der Waals surface area contributed by atoms with Crippen molar-refractivity contribution in [1.82, 2.24) is 0 Å². The first-order chi connectivity index (χ1) is 10.8. The Morgan fingerprint density at radius 2 is 1.96 bits per heavy atom. The Bertz CT molecular complexity index is 915. The molecule has 8 heteroatoms. The first-order valence-corrected chi connectivity index (χ1v) is 9.31. The van der Waals surface area contributed by atoms with Crippen LogP contribution in [0.4, 0.5) is 11.4 Å². The number of hydrogen-bond acceptors (Lipinski definition) is 3. The van der Waals surface area contributed by atoms with E-state index in [2.05, 4.69) is 20.7 Å². The number of sulfonamides is 1. The predicted octanol–water partition coefficient (Wildman–Crippen LogP) is 3.42. The smallest absolute Gasteiger partial charge is 0.261 e. The number of fused-ring (bicyclic) bond motifs is 1. The second kappa shape index (κ2) is 5.81. The Kier molecular flexibility index (Phi) is 4.12. The summed E-state index contributed by atoms with van der Waals surface area (Å²) in [5, 5.41) is 0.291. The minimum Gasteiger partial charge on any atom is -0.315 e. The zero-order valence-corrected chi connectivity index (χ0v) is 15.2. The van der Waals surface area contributed by atoms with E-state index in [1.54, 1.807) is 31.3 Å². The highest BCUT2D eigenvalue weighted by atomic mass is 79.9. The number of carbonyl (C=O) groups is 1. The molecule has 0 saturated heterocycles. The van der Waals surface area contributed by atoms with Crippen molar-refractivity contribution < 1.29 is 13.2 Å². The first-order valence-electron chi connectivity index (χ1n) is 6.65. The fourth-order valence-electron chi connectivity index (χ4n) is 2.39. The van der Waals surface area contributed by atoms with Gasteiger partial charge in [0.2, 0.25) is 5.91 Å². The van der Waals surface area contributed by atoms with Crippen molar-refractivity contribution >= 4 is 54.8 Å². The minimum atomic E-state index is -3.78. The lowest BCUT2D eigenvalue weighted by Gasteiger charge is -2.12. The van der Waals surface area contributed by atoms with Gasteiger partial charge in [0, 0.05) is 17.2 Å². The number of nitrogens with one attached hydrogen (secondary N) is 1. The predicted molar refractivity (Wildman–Crippen MR) is 93.5 cm³/mol. The van der Waals surface area contributed by atoms with Gasteiger partial charge in [0.05, 0.1) is 22.0 Å². The molecule has 0 atom stereocenters. The van der Waals surface area contributed by atoms with E-state index in [-0.39, 0.29) is 17.2 Å². The standard InChI is InChI=1S/C15H12BrClN2O3S/c1-19-14-5-3-11(6-9(14)7-15(19)20)23(21,22)18-13-4-2-10(16)8-12(13)17/h2-6,8,18H,7H2,1H3. The largest absolute Gasteiger partial charge is 0.315 e. The van der Waals surface area contributed by atoms with Crippen LogP contribution >= 0.6 is 27.5 Å². The van der Waals surface area contributed by atoms with Gasteiger partial charge in [0.25, 0.3) is 10.0 Å². The van der Waals surface area contributed by atoms with Gasteiger partial charge in [-0.05, 0) is 42.0 Å². The van der Waals surface area contributed by atoms with Crippen LogP contribution in [-0.4, -0.2) is 21.4 Å². The van der Waals surface area contributed by atoms with Crippen molar-refractivity contribution in [2.24, 2.45) is 0 Å². The number of anilines is 2. The topological polar surface area (TPSA) is 66.5 Å². The number of rotatable bonds is 3. The molecule has 1 amide bonds. The van der Waals surface area contributed by atoms with Crippen LogP contribution < -0.4 is 9.62 Å². The summed E-state index contributed by atoms with van der Waals surface area (Å²) >= 11 is 9.31. The number of nitrogens with zero attached hydrogens (tertiary/aromatic N) is 1. The SMILES string of the molecule is CN1C(=O)Cc2cc(S(=O)(=O)Nc3ccc(Br)cc3Cl)ccc21. The molecule has 0 aliphatic carbocycles. The molecule has 5 nitrogen and oxygen atoms in total. The molecule has 1 heterocycles. The minimum absolute atomic E-state index is 0.0570. The van der Waals surface area contributed by atoms with Gasteiger partial charge < -0.3 is 4.90 Å². The molecule has 3 rings (SSSR count). The fourth-order valence-corrected chi connectivity index (χ4v) is 4.30. The molecular formula is C15H12BrClN2O3S. The number of likely N-dealkylation sites (N-methyl/N-ethyl adjacent to an activating group) is 1. The summed E-state index contributed by atoms with van der Waals surface area (Å²) in [5.41, 5.74) is 1.72. The molecule has 0 spiro atoms. The molecule has 0 radical (unpaired) electrons. The molecule has 1 aliphatic heterocycles. The molecule has 0 aromatic heterocycles. The average molecular weight is 416 g/mol. The van der Waals surface area contributed by atoms with Gasteiger partial charge in [-0.15, -0.1) is 0 Å². The molecule has 0 fully saturated rings. The average Bonchev–Trinajstić information content (AvgIpc) is 2.77. The summed E-state index contributed by atoms with van der Waals surface area (Å²) in [6, 6.07) is 9.51. The highest BCUT2D eigenvalue weighted by molar-refractivity contribution is 9.10. The Balaban J connectivity index is 1.95. The normalized spacial score (nSPS) is 14.0. The lowest BCUT2D eigenvalue weighted by Crippen LogP contribution is -2.20. The van der Waals surface area contributed by atoms with Crippen LogP contribution in [0.2, 0.25) is 5.02 Å². The van der Waals surface area contributed by atoms with Crippen LogP contribution in [0.25, 0.3) is 0 Å². The number of amides is 1. The number of hydrogen-bond donors (Lipinski definition) is 1. The molecule has 2 aromatic carbocycles. The Morgan fingerprint density at radius 1 is 1.22 bits per heavy atom. The van der Waals surface area contributed by atoms with Gasteiger partial charge in [-0.3, -0.25) is 9.52 Å². The van der Waals surface area contributed by atoms with Crippen LogP contribution in [0.1, 0.15) is 5.56 Å². The maximum Gasteiger partial charge on any atom is 0.261 e. The summed E-state index contributed by atoms with van der Waals surface area (Å²) in [7, 11) is -2.12. The summed E-state index contributed by atoms with van der Waals surface area (Å²) in [5.74, 6) is -0.0570. The van der Waals surface area contributed by atoms with E-state index >= 15 is 0 Å². The molecule has 2 aromatic rings. The quantitative estimate of drug-likeness (QED) is 0.835. The molecule has 120 valence electrons. The van der Waals surface area contributed by atoms with E-state index in [1.807, 2.05) is 0 Å². The van der Waals surface area contributed by atoms with E-state index in [0.717, 1.165) is 10.2 Å². The highest BCUT2D eigenvalue weighted by Crippen LogP contribution is 2.32. The van der Waals surface area contributed by atoms with Crippen molar-refractivity contribution in [3.63, 3.8) is 0 Å². The number of benzene rings is 2. The van der Waals surface area contributed by atoms with Crippen LogP contribution in [-0.2, 0) is 21.2 Å². The Labute approximate surface area is 147 Å². The maximum atomic E-state index is 12.5. The molecule has 23 heavy (non-hydrogen) atoms. The van der Waals surface area contributed by atoms with Crippen LogP contribution in [0.5, 0.6) is 0 Å². The van der Waals surface area contributed by atoms with E-state index in [4.69, 9.17) is 11.6 Å². The molecule has 0 unspecified atom stereocenters. The monoisotopic (exact) mass is 414 g/mol. The van der Waals surface area contributed by atoms with E-state index in [1.165, 1.54) is 17.0 Å². The van der Waals surface area contributed by atoms with Crippen LogP contribution in [0, 0.1) is 0 Å². The zero-order valence-electron chi connectivity index (χ0n) is 12.0. The molecular weight excluding hydrogens is 404 g/mol. The van der Waals surface area contributed by atoms with E-state index in [9.17, 15) is 13.2 Å². The van der Waals surface area contributed by atoms with Crippen molar-refractivity contribution in [3.05, 3.63) is 51.5 Å². The van der Waals surface area contributed by atoms with E-state index < -0.39 is 10.0 Å². The third-order valence-corrected chi connectivity index (χ3v) is 5.78. The second-order valence-corrected chi connectivity index (χ2v) is 8.15. The van der Waals surface area contributed by atoms with Crippen molar-refractivity contribution in [2.75, 3.05) is 16.7 Å². The lowest BCUT2D eigenvalue weighted by atomic mass is 10.2. The van der Waals surface area contributed by atoms with Gasteiger partial charge in [0.1, 0.15) is 0 Å². The second-order valence-electron chi connectivity index (χ2n) is 5.15. The summed E-state index contributed by atoms with van der Waals surface area (Å²) in [4.78, 5) is 13.3. The molecule has 1 aliphatic rings. The third kappa shape index (κ3) is 3.08. The molecule has 0 saturated carbocycles. The third-order valence-electron chi connectivity index (χ3n) is 3.61. The van der Waals surface area contributed by atoms with Crippen LogP contribution in [0.15, 0.2) is 45.8 Å². The van der Waals surface area contributed by atoms with Crippen molar-refractivity contribution in [2.45, 2.75) is 11.3 Å². The van der Waals surface area contributed by atoms with Crippen molar-refractivity contribution in [3.8, 4) is 0 Å². The number of carbonyl (C=O) groups excluding carboxylic acids is 1. The van der Waals surface area contributed by atoms with Gasteiger partial charge in [-0.25, -0.2) is 8.42 Å². The summed E-state index contributed by atoms with van der Waals surface area (Å²) in [6.07, 6.45) is 0.203. The van der Waals surface area contributed by atoms with Gasteiger partial charge in [-0.2, -0.15) is 0 Å². The summed E-state index contributed by atoms with van der Waals surface area (Å²) < 4.78 is 28.3.